The van der Waals surface area contributed by atoms with Gasteiger partial charge in [0.2, 0.25) is 9.84 Å². The standard InChI is InChI=1S/C26H18Cl4N4O2S/c27-19-3-1-17(25(29)13-19)15-31-33-21-5-9-23(10-6-21)37(35,36)24-11-7-22(8-12-24)34-32-16-18-2-4-20(28)14-26(18)30/h1-16,33-34H. The number of nitrogens with one attached hydrogen (secondary N) is 2. The highest BCUT2D eigenvalue weighted by Gasteiger charge is 2.17. The summed E-state index contributed by atoms with van der Waals surface area (Å²) >= 11 is 24.0. The molecule has 0 heterocycles. The van der Waals surface area contributed by atoms with Gasteiger partial charge in [0, 0.05) is 21.2 Å². The zero-order valence-electron chi connectivity index (χ0n) is 18.9. The SMILES string of the molecule is O=S(=O)(c1ccc(NN=Cc2ccc(Cl)cc2Cl)cc1)c1ccc(NN=Cc2ccc(Cl)cc2Cl)cc1. The van der Waals surface area contributed by atoms with Gasteiger partial charge >= 0.3 is 0 Å². The van der Waals surface area contributed by atoms with Gasteiger partial charge in [-0.3, -0.25) is 10.9 Å². The molecule has 11 heteroatoms. The molecule has 0 saturated carbocycles. The van der Waals surface area contributed by atoms with Crippen LogP contribution in [0.1, 0.15) is 11.1 Å². The van der Waals surface area contributed by atoms with Crippen LogP contribution in [0.3, 0.4) is 0 Å². The van der Waals surface area contributed by atoms with E-state index in [1.165, 1.54) is 24.3 Å². The summed E-state index contributed by atoms with van der Waals surface area (Å²) in [6.45, 7) is 0. The fraction of sp³-hybridized carbons (Fsp3) is 0. The Morgan fingerprint density at radius 3 is 1.30 bits per heavy atom. The van der Waals surface area contributed by atoms with Gasteiger partial charge in [-0.15, -0.1) is 0 Å². The van der Waals surface area contributed by atoms with E-state index in [2.05, 4.69) is 21.1 Å². The summed E-state index contributed by atoms with van der Waals surface area (Å²) < 4.78 is 26.1. The Morgan fingerprint density at radius 2 is 0.946 bits per heavy atom. The van der Waals surface area contributed by atoms with E-state index in [0.717, 1.165) is 0 Å². The number of hydrogen-bond acceptors (Lipinski definition) is 6. The zero-order valence-corrected chi connectivity index (χ0v) is 22.7. The number of halogens is 4. The Morgan fingerprint density at radius 1 is 0.568 bits per heavy atom. The molecule has 188 valence electrons. The molecular weight excluding hydrogens is 574 g/mol. The predicted octanol–water partition coefficient (Wildman–Crippen LogP) is 8.03. The van der Waals surface area contributed by atoms with Gasteiger partial charge in [-0.25, -0.2) is 8.42 Å². The first-order chi connectivity index (χ1) is 17.7. The number of benzene rings is 4. The van der Waals surface area contributed by atoms with Gasteiger partial charge in [-0.1, -0.05) is 58.5 Å². The van der Waals surface area contributed by atoms with Crippen LogP contribution in [-0.2, 0) is 9.84 Å². The lowest BCUT2D eigenvalue weighted by molar-refractivity contribution is 0.596. The molecule has 4 rings (SSSR count). The third-order valence-corrected chi connectivity index (χ3v) is 7.96. The zero-order chi connectivity index (χ0) is 26.4. The van der Waals surface area contributed by atoms with Crippen LogP contribution in [0.25, 0.3) is 0 Å². The third-order valence-electron chi connectivity index (χ3n) is 5.05. The van der Waals surface area contributed by atoms with Gasteiger partial charge < -0.3 is 0 Å². The molecule has 0 amide bonds. The van der Waals surface area contributed by atoms with Crippen molar-refractivity contribution in [1.29, 1.82) is 0 Å². The van der Waals surface area contributed by atoms with Crippen molar-refractivity contribution in [2.45, 2.75) is 9.79 Å². The summed E-state index contributed by atoms with van der Waals surface area (Å²) in [5.41, 5.74) is 8.29. The van der Waals surface area contributed by atoms with E-state index in [1.54, 1.807) is 73.1 Å². The molecule has 0 aromatic heterocycles. The van der Waals surface area contributed by atoms with Crippen molar-refractivity contribution in [3.8, 4) is 0 Å². The number of sulfone groups is 1. The largest absolute Gasteiger partial charge is 0.279 e. The van der Waals surface area contributed by atoms with Gasteiger partial charge in [-0.2, -0.15) is 10.2 Å². The molecule has 37 heavy (non-hydrogen) atoms. The maximum atomic E-state index is 13.0. The van der Waals surface area contributed by atoms with Crippen molar-refractivity contribution in [3.63, 3.8) is 0 Å². The van der Waals surface area contributed by atoms with Crippen molar-refractivity contribution < 1.29 is 8.42 Å². The first-order valence-electron chi connectivity index (χ1n) is 10.7. The number of rotatable bonds is 8. The van der Waals surface area contributed by atoms with Gasteiger partial charge in [0.05, 0.1) is 43.6 Å². The van der Waals surface area contributed by atoms with E-state index in [0.29, 0.717) is 42.6 Å². The van der Waals surface area contributed by atoms with E-state index >= 15 is 0 Å². The van der Waals surface area contributed by atoms with Crippen LogP contribution in [-0.4, -0.2) is 20.8 Å². The second-order valence-corrected chi connectivity index (χ2v) is 11.3. The van der Waals surface area contributed by atoms with Gasteiger partial charge in [0.1, 0.15) is 0 Å². The predicted molar refractivity (Wildman–Crippen MR) is 154 cm³/mol. The quantitative estimate of drug-likeness (QED) is 0.160. The Bertz CT molecular complexity index is 1460. The van der Waals surface area contributed by atoms with Crippen LogP contribution in [0.2, 0.25) is 20.1 Å². The lowest BCUT2D eigenvalue weighted by atomic mass is 10.2. The number of anilines is 2. The van der Waals surface area contributed by atoms with Crippen LogP contribution in [0.5, 0.6) is 0 Å². The van der Waals surface area contributed by atoms with Gasteiger partial charge in [0.15, 0.2) is 0 Å². The van der Waals surface area contributed by atoms with Crippen LogP contribution in [0, 0.1) is 0 Å². The molecule has 0 fully saturated rings. The molecule has 4 aromatic carbocycles. The highest BCUT2D eigenvalue weighted by atomic mass is 35.5. The lowest BCUT2D eigenvalue weighted by Crippen LogP contribution is -2.02. The van der Waals surface area contributed by atoms with Crippen LogP contribution >= 0.6 is 46.4 Å². The average Bonchev–Trinajstić information content (AvgIpc) is 2.87. The van der Waals surface area contributed by atoms with Crippen LogP contribution in [0.15, 0.2) is 105 Å². The number of nitrogens with zero attached hydrogens (tertiary/aromatic N) is 2. The van der Waals surface area contributed by atoms with E-state index in [9.17, 15) is 8.42 Å². The summed E-state index contributed by atoms with van der Waals surface area (Å²) in [6.07, 6.45) is 3.10. The highest BCUT2D eigenvalue weighted by Crippen LogP contribution is 2.25. The lowest BCUT2D eigenvalue weighted by Gasteiger charge is -2.07. The molecule has 0 aliphatic heterocycles. The van der Waals surface area contributed by atoms with Crippen LogP contribution < -0.4 is 10.9 Å². The van der Waals surface area contributed by atoms with Gasteiger partial charge in [-0.05, 0) is 72.8 Å². The first kappa shape index (κ1) is 27.0. The van der Waals surface area contributed by atoms with Crippen molar-refractivity contribution in [2.24, 2.45) is 10.2 Å². The Balaban J connectivity index is 1.39. The fourth-order valence-corrected chi connectivity index (χ4v) is 5.29. The molecule has 0 aliphatic rings. The minimum Gasteiger partial charge on any atom is -0.279 e. The molecule has 0 unspecified atom stereocenters. The summed E-state index contributed by atoms with van der Waals surface area (Å²) in [4.78, 5) is 0.303. The second-order valence-electron chi connectivity index (χ2n) is 7.62. The Kier molecular flexibility index (Phi) is 8.74. The van der Waals surface area contributed by atoms with E-state index in [-0.39, 0.29) is 9.79 Å². The third kappa shape index (κ3) is 7.03. The van der Waals surface area contributed by atoms with Crippen molar-refractivity contribution in [1.82, 2.24) is 0 Å². The monoisotopic (exact) mass is 590 g/mol. The number of hydrazone groups is 2. The van der Waals surface area contributed by atoms with E-state index in [1.807, 2.05) is 0 Å². The second kappa shape index (κ2) is 12.0. The van der Waals surface area contributed by atoms with E-state index < -0.39 is 9.84 Å². The molecule has 2 N–H and O–H groups in total. The van der Waals surface area contributed by atoms with Crippen molar-refractivity contribution in [2.75, 3.05) is 10.9 Å². The summed E-state index contributed by atoms with van der Waals surface area (Å²) in [5, 5.41) is 10.3. The van der Waals surface area contributed by atoms with Gasteiger partial charge in [0.25, 0.3) is 0 Å². The molecule has 0 radical (unpaired) electrons. The molecule has 4 aromatic rings. The Labute approximate surface area is 234 Å². The first-order valence-corrected chi connectivity index (χ1v) is 13.7. The molecule has 0 bridgehead atoms. The smallest absolute Gasteiger partial charge is 0.206 e. The maximum Gasteiger partial charge on any atom is 0.206 e. The van der Waals surface area contributed by atoms with E-state index in [4.69, 9.17) is 46.4 Å². The van der Waals surface area contributed by atoms with Crippen molar-refractivity contribution >= 4 is 80.0 Å². The molecule has 0 spiro atoms. The molecular formula is C26H18Cl4N4O2S. The molecule has 0 atom stereocenters. The summed E-state index contributed by atoms with van der Waals surface area (Å²) in [7, 11) is -3.71. The summed E-state index contributed by atoms with van der Waals surface area (Å²) in [5.74, 6) is 0. The molecule has 0 aliphatic carbocycles. The topological polar surface area (TPSA) is 82.9 Å². The number of hydrogen-bond donors (Lipinski definition) is 2. The summed E-state index contributed by atoms with van der Waals surface area (Å²) in [6, 6.07) is 22.7. The van der Waals surface area contributed by atoms with Crippen LogP contribution in [0.4, 0.5) is 11.4 Å². The fourth-order valence-electron chi connectivity index (χ4n) is 3.12. The minimum atomic E-state index is -3.71. The average molecular weight is 592 g/mol. The molecule has 0 saturated heterocycles. The normalized spacial score (nSPS) is 11.8. The Hall–Kier alpha value is -3.07. The van der Waals surface area contributed by atoms with Crippen molar-refractivity contribution in [3.05, 3.63) is 116 Å². The maximum absolute atomic E-state index is 13.0. The molecule has 6 nitrogen and oxygen atoms in total. The highest BCUT2D eigenvalue weighted by molar-refractivity contribution is 7.91. The minimum absolute atomic E-state index is 0.152.